The van der Waals surface area contributed by atoms with Crippen LogP contribution in [0.25, 0.3) is 11.1 Å². The Kier molecular flexibility index (Phi) is 3.21. The normalized spacial score (nSPS) is 10.7. The number of hydrogen-bond donors (Lipinski definition) is 1. The standard InChI is InChI=1S/C16H14N2O2/c1-2-11-5-7-12(8-6-11)18-16(19)15-10-13-14(20-15)4-3-9-17-13/h3-10H,2H2,1H3,(H,18,19). The molecule has 2 heterocycles. The highest BCUT2D eigenvalue weighted by Gasteiger charge is 2.12. The van der Waals surface area contributed by atoms with Crippen LogP contribution in [0.4, 0.5) is 5.69 Å². The first-order chi connectivity index (χ1) is 9.76. The second-order valence-corrected chi connectivity index (χ2v) is 4.50. The largest absolute Gasteiger partial charge is 0.449 e. The first-order valence-electron chi connectivity index (χ1n) is 6.51. The fraction of sp³-hybridized carbons (Fsp3) is 0.125. The third-order valence-electron chi connectivity index (χ3n) is 3.13. The van der Waals surface area contributed by atoms with Crippen LogP contribution < -0.4 is 5.32 Å². The molecule has 0 spiro atoms. The fourth-order valence-electron chi connectivity index (χ4n) is 2.00. The number of rotatable bonds is 3. The molecule has 0 radical (unpaired) electrons. The Morgan fingerprint density at radius 3 is 2.75 bits per heavy atom. The van der Waals surface area contributed by atoms with Gasteiger partial charge in [0.15, 0.2) is 11.3 Å². The van der Waals surface area contributed by atoms with Crippen molar-refractivity contribution in [3.8, 4) is 0 Å². The van der Waals surface area contributed by atoms with Crippen molar-refractivity contribution in [2.24, 2.45) is 0 Å². The van der Waals surface area contributed by atoms with Gasteiger partial charge in [-0.15, -0.1) is 0 Å². The molecule has 1 aromatic carbocycles. The average molecular weight is 266 g/mol. The number of nitrogens with one attached hydrogen (secondary N) is 1. The molecule has 0 bridgehead atoms. The molecule has 3 rings (SSSR count). The van der Waals surface area contributed by atoms with E-state index >= 15 is 0 Å². The van der Waals surface area contributed by atoms with Gasteiger partial charge in [0.2, 0.25) is 0 Å². The quantitative estimate of drug-likeness (QED) is 0.787. The Balaban J connectivity index is 1.81. The smallest absolute Gasteiger partial charge is 0.291 e. The zero-order valence-corrected chi connectivity index (χ0v) is 11.1. The van der Waals surface area contributed by atoms with Crippen molar-refractivity contribution in [3.63, 3.8) is 0 Å². The third-order valence-corrected chi connectivity index (χ3v) is 3.13. The Labute approximate surface area is 116 Å². The molecule has 1 N–H and O–H groups in total. The summed E-state index contributed by atoms with van der Waals surface area (Å²) in [7, 11) is 0. The summed E-state index contributed by atoms with van der Waals surface area (Å²) in [5, 5.41) is 2.81. The molecule has 1 amide bonds. The van der Waals surface area contributed by atoms with Gasteiger partial charge in [-0.2, -0.15) is 0 Å². The lowest BCUT2D eigenvalue weighted by Crippen LogP contribution is -2.10. The highest BCUT2D eigenvalue weighted by atomic mass is 16.3. The van der Waals surface area contributed by atoms with E-state index in [0.717, 1.165) is 12.1 Å². The number of fused-ring (bicyclic) bond motifs is 1. The van der Waals surface area contributed by atoms with E-state index in [4.69, 9.17) is 4.42 Å². The van der Waals surface area contributed by atoms with Crippen molar-refractivity contribution < 1.29 is 9.21 Å². The van der Waals surface area contributed by atoms with Gasteiger partial charge in [0, 0.05) is 18.0 Å². The maximum atomic E-state index is 12.1. The van der Waals surface area contributed by atoms with Crippen molar-refractivity contribution >= 4 is 22.7 Å². The average Bonchev–Trinajstić information content (AvgIpc) is 2.92. The first-order valence-corrected chi connectivity index (χ1v) is 6.51. The number of anilines is 1. The van der Waals surface area contributed by atoms with Gasteiger partial charge in [-0.1, -0.05) is 19.1 Å². The number of hydrogen-bond acceptors (Lipinski definition) is 3. The maximum absolute atomic E-state index is 12.1. The molecular formula is C16H14N2O2. The predicted octanol–water partition coefficient (Wildman–Crippen LogP) is 3.64. The molecule has 0 atom stereocenters. The van der Waals surface area contributed by atoms with Crippen LogP contribution in [0.3, 0.4) is 0 Å². The van der Waals surface area contributed by atoms with Gasteiger partial charge in [-0.3, -0.25) is 9.78 Å². The van der Waals surface area contributed by atoms with Crippen LogP contribution in [0.1, 0.15) is 23.0 Å². The maximum Gasteiger partial charge on any atom is 0.291 e. The number of carbonyl (C=O) groups excluding carboxylic acids is 1. The van der Waals surface area contributed by atoms with Crippen molar-refractivity contribution in [1.29, 1.82) is 0 Å². The number of aromatic nitrogens is 1. The van der Waals surface area contributed by atoms with Gasteiger partial charge in [0.25, 0.3) is 5.91 Å². The molecular weight excluding hydrogens is 252 g/mol. The van der Waals surface area contributed by atoms with Crippen LogP contribution >= 0.6 is 0 Å². The number of pyridine rings is 1. The van der Waals surface area contributed by atoms with E-state index in [9.17, 15) is 4.79 Å². The van der Waals surface area contributed by atoms with Gasteiger partial charge in [-0.25, -0.2) is 0 Å². The highest BCUT2D eigenvalue weighted by Crippen LogP contribution is 2.18. The van der Waals surface area contributed by atoms with E-state index in [1.54, 1.807) is 24.4 Å². The molecule has 20 heavy (non-hydrogen) atoms. The molecule has 0 aliphatic rings. The number of benzene rings is 1. The lowest BCUT2D eigenvalue weighted by molar-refractivity contribution is 0.0998. The van der Waals surface area contributed by atoms with E-state index in [2.05, 4.69) is 17.2 Å². The minimum Gasteiger partial charge on any atom is -0.449 e. The highest BCUT2D eigenvalue weighted by molar-refractivity contribution is 6.04. The van der Waals surface area contributed by atoms with E-state index in [1.165, 1.54) is 5.56 Å². The number of amides is 1. The van der Waals surface area contributed by atoms with E-state index < -0.39 is 0 Å². The van der Waals surface area contributed by atoms with Gasteiger partial charge < -0.3 is 9.73 Å². The monoisotopic (exact) mass is 266 g/mol. The lowest BCUT2D eigenvalue weighted by Gasteiger charge is -2.03. The number of nitrogens with zero attached hydrogens (tertiary/aromatic N) is 1. The third kappa shape index (κ3) is 2.40. The van der Waals surface area contributed by atoms with Crippen LogP contribution in [0.15, 0.2) is 53.1 Å². The second-order valence-electron chi connectivity index (χ2n) is 4.50. The van der Waals surface area contributed by atoms with E-state index in [1.807, 2.05) is 24.3 Å². The molecule has 0 fully saturated rings. The molecule has 0 saturated heterocycles. The SMILES string of the molecule is CCc1ccc(NC(=O)c2cc3ncccc3o2)cc1. The van der Waals surface area contributed by atoms with Crippen molar-refractivity contribution in [2.75, 3.05) is 5.32 Å². The van der Waals surface area contributed by atoms with Gasteiger partial charge in [0.05, 0.1) is 0 Å². The summed E-state index contributed by atoms with van der Waals surface area (Å²) >= 11 is 0. The summed E-state index contributed by atoms with van der Waals surface area (Å²) in [4.78, 5) is 16.2. The van der Waals surface area contributed by atoms with Crippen molar-refractivity contribution in [3.05, 3.63) is 60.0 Å². The molecule has 0 saturated carbocycles. The van der Waals surface area contributed by atoms with Gasteiger partial charge in [-0.05, 0) is 36.2 Å². The molecule has 0 unspecified atom stereocenters. The minimum atomic E-state index is -0.271. The van der Waals surface area contributed by atoms with E-state index in [0.29, 0.717) is 11.1 Å². The van der Waals surface area contributed by atoms with E-state index in [-0.39, 0.29) is 11.7 Å². The van der Waals surface area contributed by atoms with Gasteiger partial charge in [0.1, 0.15) is 5.52 Å². The summed E-state index contributed by atoms with van der Waals surface area (Å²) < 4.78 is 5.47. The molecule has 100 valence electrons. The Morgan fingerprint density at radius 2 is 2.05 bits per heavy atom. The van der Waals surface area contributed by atoms with Crippen LogP contribution in [0.5, 0.6) is 0 Å². The first kappa shape index (κ1) is 12.4. The Morgan fingerprint density at radius 1 is 1.25 bits per heavy atom. The van der Waals surface area contributed by atoms with Crippen LogP contribution in [0, 0.1) is 0 Å². The molecule has 4 heteroatoms. The summed E-state index contributed by atoms with van der Waals surface area (Å²) in [6.07, 6.45) is 2.65. The Bertz CT molecular complexity index is 712. The molecule has 2 aromatic heterocycles. The van der Waals surface area contributed by atoms with Crippen molar-refractivity contribution in [2.45, 2.75) is 13.3 Å². The zero-order chi connectivity index (χ0) is 13.9. The minimum absolute atomic E-state index is 0.262. The zero-order valence-electron chi connectivity index (χ0n) is 11.1. The van der Waals surface area contributed by atoms with Crippen molar-refractivity contribution in [1.82, 2.24) is 4.98 Å². The fourth-order valence-corrected chi connectivity index (χ4v) is 2.00. The summed E-state index contributed by atoms with van der Waals surface area (Å²) in [5.41, 5.74) is 3.27. The topological polar surface area (TPSA) is 55.1 Å². The lowest BCUT2D eigenvalue weighted by atomic mass is 10.1. The molecule has 4 nitrogen and oxygen atoms in total. The Hall–Kier alpha value is -2.62. The second kappa shape index (κ2) is 5.17. The summed E-state index contributed by atoms with van der Waals surface area (Å²) in [6, 6.07) is 13.0. The molecule has 3 aromatic rings. The number of aryl methyl sites for hydroxylation is 1. The molecule has 0 aliphatic heterocycles. The molecule has 0 aliphatic carbocycles. The van der Waals surface area contributed by atoms with Crippen LogP contribution in [0.2, 0.25) is 0 Å². The van der Waals surface area contributed by atoms with Crippen LogP contribution in [-0.4, -0.2) is 10.9 Å². The number of carbonyl (C=O) groups is 1. The van der Waals surface area contributed by atoms with Gasteiger partial charge >= 0.3 is 0 Å². The summed E-state index contributed by atoms with van der Waals surface area (Å²) in [6.45, 7) is 2.09. The summed E-state index contributed by atoms with van der Waals surface area (Å²) in [5.74, 6) is -0.00878. The number of furan rings is 1. The van der Waals surface area contributed by atoms with Crippen LogP contribution in [-0.2, 0) is 6.42 Å². The predicted molar refractivity (Wildman–Crippen MR) is 77.8 cm³/mol.